The quantitative estimate of drug-likeness (QED) is 0.695. The molecule has 19 heavy (non-hydrogen) atoms. The van der Waals surface area contributed by atoms with Gasteiger partial charge in [-0.15, -0.1) is 5.10 Å². The molecule has 0 N–H and O–H groups in total. The molecule has 0 radical (unpaired) electrons. The van der Waals surface area contributed by atoms with Crippen LogP contribution in [0.15, 0.2) is 0 Å². The molecule has 0 bridgehead atoms. The van der Waals surface area contributed by atoms with E-state index in [1.54, 1.807) is 4.68 Å². The number of carbonyl (C=O) groups excluding carboxylic acids is 2. The van der Waals surface area contributed by atoms with E-state index < -0.39 is 11.9 Å². The molecule has 1 unspecified atom stereocenters. The molecule has 1 fully saturated rings. The van der Waals surface area contributed by atoms with Gasteiger partial charge in [0.2, 0.25) is 0 Å². The monoisotopic (exact) mass is 269 g/mol. The highest BCUT2D eigenvalue weighted by Crippen LogP contribution is 2.21. The van der Waals surface area contributed by atoms with Crippen LogP contribution in [0.4, 0.5) is 0 Å². The molecule has 1 aliphatic heterocycles. The summed E-state index contributed by atoms with van der Waals surface area (Å²) in [6, 6.07) is -0.0226. The Hall–Kier alpha value is -1.96. The second-order valence-corrected chi connectivity index (χ2v) is 4.09. The predicted octanol–water partition coefficient (Wildman–Crippen LogP) is -0.258. The van der Waals surface area contributed by atoms with E-state index in [1.165, 1.54) is 14.2 Å². The van der Waals surface area contributed by atoms with Crippen molar-refractivity contribution in [2.24, 2.45) is 0 Å². The number of hydrogen-bond donors (Lipinski definition) is 0. The summed E-state index contributed by atoms with van der Waals surface area (Å²) in [4.78, 5) is 23.0. The van der Waals surface area contributed by atoms with Crippen molar-refractivity contribution in [1.82, 2.24) is 15.0 Å². The van der Waals surface area contributed by atoms with Crippen molar-refractivity contribution in [3.63, 3.8) is 0 Å². The Morgan fingerprint density at radius 3 is 2.79 bits per heavy atom. The maximum absolute atomic E-state index is 11.6. The van der Waals surface area contributed by atoms with Crippen molar-refractivity contribution in [2.45, 2.75) is 18.9 Å². The van der Waals surface area contributed by atoms with Crippen LogP contribution in [0.25, 0.3) is 0 Å². The third-order valence-corrected chi connectivity index (χ3v) is 2.96. The van der Waals surface area contributed by atoms with Gasteiger partial charge >= 0.3 is 11.9 Å². The molecule has 104 valence electrons. The SMILES string of the molecule is COC(=O)Cc1c(C(=O)OC)nnn1C1CCOC1. The van der Waals surface area contributed by atoms with Gasteiger partial charge in [0.1, 0.15) is 0 Å². The van der Waals surface area contributed by atoms with Gasteiger partial charge < -0.3 is 14.2 Å². The average molecular weight is 269 g/mol. The zero-order valence-electron chi connectivity index (χ0n) is 10.8. The predicted molar refractivity (Wildman–Crippen MR) is 61.6 cm³/mol. The average Bonchev–Trinajstić information content (AvgIpc) is 3.06. The van der Waals surface area contributed by atoms with Gasteiger partial charge in [-0.2, -0.15) is 0 Å². The van der Waals surface area contributed by atoms with Crippen molar-refractivity contribution < 1.29 is 23.8 Å². The Morgan fingerprint density at radius 2 is 2.21 bits per heavy atom. The van der Waals surface area contributed by atoms with E-state index in [4.69, 9.17) is 4.74 Å². The fraction of sp³-hybridized carbons (Fsp3) is 0.636. The van der Waals surface area contributed by atoms with E-state index >= 15 is 0 Å². The van der Waals surface area contributed by atoms with E-state index in [2.05, 4.69) is 19.8 Å². The van der Waals surface area contributed by atoms with Crippen LogP contribution >= 0.6 is 0 Å². The number of aromatic nitrogens is 3. The molecule has 2 heterocycles. The standard InChI is InChI=1S/C11H15N3O5/c1-17-9(15)5-8-10(11(16)18-2)12-13-14(8)7-3-4-19-6-7/h7H,3-6H2,1-2H3. The maximum Gasteiger partial charge on any atom is 0.360 e. The van der Waals surface area contributed by atoms with Gasteiger partial charge in [-0.05, 0) is 6.42 Å². The molecule has 8 nitrogen and oxygen atoms in total. The number of carbonyl (C=O) groups is 2. The Kier molecular flexibility index (Phi) is 4.10. The van der Waals surface area contributed by atoms with Gasteiger partial charge in [-0.1, -0.05) is 5.21 Å². The Labute approximate surface area is 109 Å². The molecule has 0 aromatic carbocycles. The first-order chi connectivity index (χ1) is 9.17. The normalized spacial score (nSPS) is 18.3. The fourth-order valence-electron chi connectivity index (χ4n) is 1.95. The summed E-state index contributed by atoms with van der Waals surface area (Å²) < 4.78 is 16.1. The largest absolute Gasteiger partial charge is 0.469 e. The van der Waals surface area contributed by atoms with E-state index in [0.717, 1.165) is 6.42 Å². The lowest BCUT2D eigenvalue weighted by atomic mass is 10.2. The van der Waals surface area contributed by atoms with Crippen LogP contribution in [0.2, 0.25) is 0 Å². The maximum atomic E-state index is 11.6. The van der Waals surface area contributed by atoms with E-state index in [-0.39, 0.29) is 18.2 Å². The highest BCUT2D eigenvalue weighted by atomic mass is 16.5. The summed E-state index contributed by atoms with van der Waals surface area (Å²) in [5.41, 5.74) is 0.439. The molecular formula is C11H15N3O5. The number of esters is 2. The molecule has 1 atom stereocenters. The Balaban J connectivity index is 2.34. The molecule has 1 aromatic rings. The minimum atomic E-state index is -0.621. The van der Waals surface area contributed by atoms with Crippen LogP contribution in [0.5, 0.6) is 0 Å². The molecule has 0 amide bonds. The molecular weight excluding hydrogens is 254 g/mol. The molecule has 0 spiro atoms. The lowest BCUT2D eigenvalue weighted by molar-refractivity contribution is -0.139. The summed E-state index contributed by atoms with van der Waals surface area (Å²) in [5.74, 6) is -1.09. The van der Waals surface area contributed by atoms with Crippen molar-refractivity contribution in [3.8, 4) is 0 Å². The smallest absolute Gasteiger partial charge is 0.360 e. The van der Waals surface area contributed by atoms with Crippen LogP contribution in [0, 0.1) is 0 Å². The lowest BCUT2D eigenvalue weighted by Crippen LogP contribution is -2.19. The van der Waals surface area contributed by atoms with E-state index in [0.29, 0.717) is 18.9 Å². The second-order valence-electron chi connectivity index (χ2n) is 4.09. The van der Waals surface area contributed by atoms with E-state index in [9.17, 15) is 9.59 Å². The van der Waals surface area contributed by atoms with Crippen LogP contribution in [0.1, 0.15) is 28.6 Å². The Morgan fingerprint density at radius 1 is 1.42 bits per heavy atom. The zero-order valence-corrected chi connectivity index (χ0v) is 10.8. The van der Waals surface area contributed by atoms with Crippen molar-refractivity contribution in [1.29, 1.82) is 0 Å². The van der Waals surface area contributed by atoms with Crippen LogP contribution in [-0.2, 0) is 25.4 Å². The van der Waals surface area contributed by atoms with Gasteiger partial charge in [0.25, 0.3) is 0 Å². The number of methoxy groups -OCH3 is 2. The first kappa shape index (κ1) is 13.5. The summed E-state index contributed by atoms with van der Waals surface area (Å²) in [6.45, 7) is 1.11. The summed E-state index contributed by atoms with van der Waals surface area (Å²) in [7, 11) is 2.54. The molecule has 8 heteroatoms. The summed E-state index contributed by atoms with van der Waals surface area (Å²) in [6.07, 6.45) is 0.683. The van der Waals surface area contributed by atoms with Gasteiger partial charge in [0.05, 0.1) is 39.0 Å². The molecule has 1 aliphatic rings. The van der Waals surface area contributed by atoms with Crippen LogP contribution in [0.3, 0.4) is 0 Å². The fourth-order valence-corrected chi connectivity index (χ4v) is 1.95. The van der Waals surface area contributed by atoms with Crippen molar-refractivity contribution >= 4 is 11.9 Å². The van der Waals surface area contributed by atoms with E-state index in [1.807, 2.05) is 0 Å². The molecule has 2 rings (SSSR count). The molecule has 1 saturated heterocycles. The molecule has 0 aliphatic carbocycles. The molecule has 0 saturated carbocycles. The minimum absolute atomic E-state index is 0.0226. The third-order valence-electron chi connectivity index (χ3n) is 2.96. The van der Waals surface area contributed by atoms with Gasteiger partial charge in [0.15, 0.2) is 5.69 Å². The molecule has 1 aromatic heterocycles. The number of hydrogen-bond acceptors (Lipinski definition) is 7. The van der Waals surface area contributed by atoms with Crippen molar-refractivity contribution in [2.75, 3.05) is 27.4 Å². The lowest BCUT2D eigenvalue weighted by Gasteiger charge is -2.11. The number of nitrogens with zero attached hydrogens (tertiary/aromatic N) is 3. The van der Waals surface area contributed by atoms with Crippen molar-refractivity contribution in [3.05, 3.63) is 11.4 Å². The second kappa shape index (κ2) is 5.79. The highest BCUT2D eigenvalue weighted by molar-refractivity contribution is 5.89. The number of rotatable bonds is 4. The first-order valence-corrected chi connectivity index (χ1v) is 5.84. The van der Waals surface area contributed by atoms with Gasteiger partial charge in [0, 0.05) is 6.61 Å². The van der Waals surface area contributed by atoms with Crippen LogP contribution in [-0.4, -0.2) is 54.4 Å². The summed E-state index contributed by atoms with van der Waals surface area (Å²) >= 11 is 0. The highest BCUT2D eigenvalue weighted by Gasteiger charge is 2.28. The third kappa shape index (κ3) is 2.73. The van der Waals surface area contributed by atoms with Gasteiger partial charge in [-0.25, -0.2) is 9.48 Å². The Bertz CT molecular complexity index is 479. The topological polar surface area (TPSA) is 92.5 Å². The minimum Gasteiger partial charge on any atom is -0.469 e. The van der Waals surface area contributed by atoms with Crippen LogP contribution < -0.4 is 0 Å². The van der Waals surface area contributed by atoms with Gasteiger partial charge in [-0.3, -0.25) is 4.79 Å². The summed E-state index contributed by atoms with van der Waals surface area (Å²) in [5, 5.41) is 7.73. The zero-order chi connectivity index (χ0) is 13.8. The number of ether oxygens (including phenoxy) is 3. The first-order valence-electron chi connectivity index (χ1n) is 5.84.